The van der Waals surface area contributed by atoms with E-state index in [1.165, 1.54) is 73.5 Å². The molecule has 3 rings (SSSR count). The van der Waals surface area contributed by atoms with Gasteiger partial charge in [-0.15, -0.1) is 11.3 Å². The first-order chi connectivity index (χ1) is 8.83. The third kappa shape index (κ3) is 2.77. The van der Waals surface area contributed by atoms with Crippen LogP contribution in [0.15, 0.2) is 0 Å². The summed E-state index contributed by atoms with van der Waals surface area (Å²) in [6.45, 7) is 3.41. The van der Waals surface area contributed by atoms with E-state index in [2.05, 4.69) is 12.2 Å². The molecule has 1 saturated heterocycles. The van der Waals surface area contributed by atoms with Gasteiger partial charge in [-0.25, -0.2) is 4.98 Å². The number of nitrogens with one attached hydrogen (secondary N) is 1. The van der Waals surface area contributed by atoms with E-state index < -0.39 is 0 Å². The second-order valence-electron chi connectivity index (χ2n) is 5.89. The van der Waals surface area contributed by atoms with Crippen LogP contribution in [0.25, 0.3) is 0 Å². The van der Waals surface area contributed by atoms with Crippen molar-refractivity contribution in [1.82, 2.24) is 10.3 Å². The van der Waals surface area contributed by atoms with Gasteiger partial charge in [-0.2, -0.15) is 0 Å². The molecule has 1 unspecified atom stereocenters. The van der Waals surface area contributed by atoms with Crippen LogP contribution in [0.3, 0.4) is 0 Å². The summed E-state index contributed by atoms with van der Waals surface area (Å²) in [6.07, 6.45) is 10.8. The van der Waals surface area contributed by atoms with E-state index in [0.717, 1.165) is 5.92 Å². The zero-order valence-electron chi connectivity index (χ0n) is 11.4. The highest BCUT2D eigenvalue weighted by molar-refractivity contribution is 7.11. The summed E-state index contributed by atoms with van der Waals surface area (Å²) in [5, 5.41) is 5.08. The maximum Gasteiger partial charge on any atom is 0.0961 e. The predicted octanol–water partition coefficient (Wildman–Crippen LogP) is 3.79. The molecular weight excluding hydrogens is 240 g/mol. The third-order valence-electron chi connectivity index (χ3n) is 4.46. The van der Waals surface area contributed by atoms with Crippen molar-refractivity contribution in [1.29, 1.82) is 0 Å². The molecule has 1 aliphatic carbocycles. The van der Waals surface area contributed by atoms with E-state index in [1.807, 2.05) is 11.3 Å². The normalized spacial score (nSPS) is 25.7. The second-order valence-corrected chi connectivity index (χ2v) is 7.01. The summed E-state index contributed by atoms with van der Waals surface area (Å²) in [6, 6.07) is 0.703. The van der Waals surface area contributed by atoms with Gasteiger partial charge in [0.05, 0.1) is 10.7 Å². The van der Waals surface area contributed by atoms with Crippen molar-refractivity contribution >= 4 is 11.3 Å². The molecule has 2 heterocycles. The number of rotatable bonds is 3. The van der Waals surface area contributed by atoms with Crippen LogP contribution in [0, 0.1) is 6.92 Å². The fourth-order valence-electron chi connectivity index (χ4n) is 3.31. The zero-order chi connectivity index (χ0) is 12.4. The molecule has 0 bridgehead atoms. The molecule has 0 spiro atoms. The standard InChI is InChI=1S/C15H24N2S/c1-11-14(10-13-8-4-5-9-16-13)18-15(17-11)12-6-2-3-7-12/h12-13,16H,2-10H2,1H3. The van der Waals surface area contributed by atoms with Crippen LogP contribution in [-0.2, 0) is 6.42 Å². The summed E-state index contributed by atoms with van der Waals surface area (Å²) in [5.41, 5.74) is 1.30. The minimum atomic E-state index is 0.703. The van der Waals surface area contributed by atoms with Gasteiger partial charge in [0, 0.05) is 16.8 Å². The van der Waals surface area contributed by atoms with E-state index in [9.17, 15) is 0 Å². The van der Waals surface area contributed by atoms with Crippen molar-refractivity contribution in [2.75, 3.05) is 6.54 Å². The van der Waals surface area contributed by atoms with E-state index in [-0.39, 0.29) is 0 Å². The highest BCUT2D eigenvalue weighted by Crippen LogP contribution is 2.37. The Labute approximate surface area is 114 Å². The van der Waals surface area contributed by atoms with Crippen molar-refractivity contribution in [2.24, 2.45) is 0 Å². The Hall–Kier alpha value is -0.410. The fourth-order valence-corrected chi connectivity index (χ4v) is 4.62. The van der Waals surface area contributed by atoms with Crippen LogP contribution in [0.1, 0.15) is 66.4 Å². The lowest BCUT2D eigenvalue weighted by Gasteiger charge is -2.22. The average molecular weight is 264 g/mol. The van der Waals surface area contributed by atoms with Gasteiger partial charge >= 0.3 is 0 Å². The molecule has 1 aliphatic heterocycles. The molecule has 0 aromatic carbocycles. The molecule has 1 aromatic rings. The van der Waals surface area contributed by atoms with Gasteiger partial charge in [-0.05, 0) is 45.6 Å². The van der Waals surface area contributed by atoms with Gasteiger partial charge in [-0.3, -0.25) is 0 Å². The minimum absolute atomic E-state index is 0.703. The molecule has 0 radical (unpaired) electrons. The Morgan fingerprint density at radius 2 is 1.94 bits per heavy atom. The smallest absolute Gasteiger partial charge is 0.0961 e. The van der Waals surface area contributed by atoms with Crippen molar-refractivity contribution < 1.29 is 0 Å². The van der Waals surface area contributed by atoms with Crippen molar-refractivity contribution in [3.8, 4) is 0 Å². The number of nitrogens with zero attached hydrogens (tertiary/aromatic N) is 1. The highest BCUT2D eigenvalue weighted by atomic mass is 32.1. The highest BCUT2D eigenvalue weighted by Gasteiger charge is 2.23. The number of aromatic nitrogens is 1. The Morgan fingerprint density at radius 3 is 2.67 bits per heavy atom. The molecule has 18 heavy (non-hydrogen) atoms. The van der Waals surface area contributed by atoms with Crippen LogP contribution in [0.2, 0.25) is 0 Å². The van der Waals surface area contributed by atoms with E-state index in [4.69, 9.17) is 4.98 Å². The zero-order valence-corrected chi connectivity index (χ0v) is 12.2. The molecule has 100 valence electrons. The first-order valence-corrected chi connectivity index (χ1v) is 8.34. The fraction of sp³-hybridized carbons (Fsp3) is 0.800. The topological polar surface area (TPSA) is 24.9 Å². The number of hydrogen-bond donors (Lipinski definition) is 1. The Bertz CT molecular complexity index is 387. The molecule has 2 aliphatic rings. The largest absolute Gasteiger partial charge is 0.314 e. The maximum absolute atomic E-state index is 4.85. The van der Waals surface area contributed by atoms with E-state index >= 15 is 0 Å². The maximum atomic E-state index is 4.85. The molecule has 0 amide bonds. The molecule has 3 heteroatoms. The summed E-state index contributed by atoms with van der Waals surface area (Å²) >= 11 is 2.00. The minimum Gasteiger partial charge on any atom is -0.314 e. The van der Waals surface area contributed by atoms with Crippen LogP contribution >= 0.6 is 11.3 Å². The predicted molar refractivity (Wildman–Crippen MR) is 77.4 cm³/mol. The number of thiazole rings is 1. The molecule has 1 saturated carbocycles. The first-order valence-electron chi connectivity index (χ1n) is 7.52. The van der Waals surface area contributed by atoms with Gasteiger partial charge in [0.1, 0.15) is 0 Å². The molecule has 1 atom stereocenters. The van der Waals surface area contributed by atoms with Gasteiger partial charge < -0.3 is 5.32 Å². The van der Waals surface area contributed by atoms with Gasteiger partial charge in [0.15, 0.2) is 0 Å². The molecule has 2 nitrogen and oxygen atoms in total. The summed E-state index contributed by atoms with van der Waals surface area (Å²) in [4.78, 5) is 6.39. The lowest BCUT2D eigenvalue weighted by molar-refractivity contribution is 0.400. The second kappa shape index (κ2) is 5.70. The number of hydrogen-bond acceptors (Lipinski definition) is 3. The van der Waals surface area contributed by atoms with Crippen LogP contribution in [0.5, 0.6) is 0 Å². The molecular formula is C15H24N2S. The van der Waals surface area contributed by atoms with Crippen molar-refractivity contribution in [2.45, 2.75) is 70.3 Å². The van der Waals surface area contributed by atoms with Gasteiger partial charge in [-0.1, -0.05) is 19.3 Å². The molecule has 2 fully saturated rings. The lowest BCUT2D eigenvalue weighted by atomic mass is 10.0. The molecule has 1 N–H and O–H groups in total. The van der Waals surface area contributed by atoms with Crippen molar-refractivity contribution in [3.63, 3.8) is 0 Å². The van der Waals surface area contributed by atoms with E-state index in [1.54, 1.807) is 0 Å². The van der Waals surface area contributed by atoms with Crippen LogP contribution in [0.4, 0.5) is 0 Å². The van der Waals surface area contributed by atoms with Gasteiger partial charge in [0.25, 0.3) is 0 Å². The Morgan fingerprint density at radius 1 is 1.17 bits per heavy atom. The first kappa shape index (κ1) is 12.6. The quantitative estimate of drug-likeness (QED) is 0.898. The third-order valence-corrected chi connectivity index (χ3v) is 5.80. The SMILES string of the molecule is Cc1nc(C2CCCC2)sc1CC1CCCCN1. The lowest BCUT2D eigenvalue weighted by Crippen LogP contribution is -2.35. The Kier molecular flexibility index (Phi) is 4.00. The number of aryl methyl sites for hydroxylation is 1. The molecule has 1 aromatic heterocycles. The van der Waals surface area contributed by atoms with Crippen LogP contribution in [-0.4, -0.2) is 17.6 Å². The van der Waals surface area contributed by atoms with Gasteiger partial charge in [0.2, 0.25) is 0 Å². The Balaban J connectivity index is 1.67. The van der Waals surface area contributed by atoms with E-state index in [0.29, 0.717) is 6.04 Å². The summed E-state index contributed by atoms with van der Waals surface area (Å²) in [7, 11) is 0. The van der Waals surface area contributed by atoms with Crippen LogP contribution < -0.4 is 5.32 Å². The summed E-state index contributed by atoms with van der Waals surface area (Å²) < 4.78 is 0. The number of piperidine rings is 1. The van der Waals surface area contributed by atoms with Crippen molar-refractivity contribution in [3.05, 3.63) is 15.6 Å². The summed E-state index contributed by atoms with van der Waals surface area (Å²) in [5.74, 6) is 0.779. The monoisotopic (exact) mass is 264 g/mol. The average Bonchev–Trinajstić information content (AvgIpc) is 3.01.